The van der Waals surface area contributed by atoms with Crippen LogP contribution in [0.3, 0.4) is 0 Å². The zero-order valence-corrected chi connectivity index (χ0v) is 10.7. The number of anilines is 1. The maximum atomic E-state index is 6.12. The molecule has 3 rings (SSSR count). The molecule has 2 aliphatic rings. The van der Waals surface area contributed by atoms with E-state index in [9.17, 15) is 0 Å². The highest BCUT2D eigenvalue weighted by molar-refractivity contribution is 6.33. The van der Waals surface area contributed by atoms with E-state index >= 15 is 0 Å². The van der Waals surface area contributed by atoms with Crippen LogP contribution >= 0.6 is 11.6 Å². The normalized spacial score (nSPS) is 29.0. The van der Waals surface area contributed by atoms with Crippen LogP contribution in [0.1, 0.15) is 25.7 Å². The molecule has 2 aliphatic heterocycles. The Labute approximate surface area is 107 Å². The molecule has 3 nitrogen and oxygen atoms in total. The van der Waals surface area contributed by atoms with Gasteiger partial charge in [0.05, 0.1) is 10.7 Å². The highest BCUT2D eigenvalue weighted by atomic mass is 35.5. The van der Waals surface area contributed by atoms with Crippen LogP contribution in [-0.4, -0.2) is 35.1 Å². The van der Waals surface area contributed by atoms with Gasteiger partial charge in [-0.15, -0.1) is 0 Å². The summed E-state index contributed by atoms with van der Waals surface area (Å²) < 4.78 is 0. The van der Waals surface area contributed by atoms with Crippen molar-refractivity contribution in [2.24, 2.45) is 0 Å². The Bertz CT molecular complexity index is 396. The summed E-state index contributed by atoms with van der Waals surface area (Å²) in [4.78, 5) is 6.64. The van der Waals surface area contributed by atoms with Crippen molar-refractivity contribution in [3.8, 4) is 0 Å². The van der Waals surface area contributed by atoms with E-state index in [1.165, 1.54) is 38.8 Å². The Morgan fingerprint density at radius 2 is 2.29 bits per heavy atom. The van der Waals surface area contributed by atoms with Gasteiger partial charge in [-0.3, -0.25) is 4.98 Å². The largest absolute Gasteiger partial charge is 0.381 e. The van der Waals surface area contributed by atoms with E-state index in [1.807, 2.05) is 6.07 Å². The van der Waals surface area contributed by atoms with Crippen LogP contribution in [0.15, 0.2) is 18.5 Å². The van der Waals surface area contributed by atoms with Crippen molar-refractivity contribution in [2.75, 3.05) is 18.4 Å². The lowest BCUT2D eigenvalue weighted by molar-refractivity contribution is 0.188. The number of nitrogens with one attached hydrogen (secondary N) is 1. The minimum absolute atomic E-state index is 0.564. The molecule has 0 spiro atoms. The standard InChI is InChI=1S/C13H18ClN3/c14-12-9-15-5-3-13(12)16-10-4-7-17-6-1-2-11(17)8-10/h3,5,9-11H,1-2,4,6-8H2,(H,15,16)/t10-,11+/m1/s1. The number of rotatable bonds is 2. The zero-order chi connectivity index (χ0) is 11.7. The minimum atomic E-state index is 0.564. The lowest BCUT2D eigenvalue weighted by Crippen LogP contribution is -2.42. The molecule has 17 heavy (non-hydrogen) atoms. The van der Waals surface area contributed by atoms with Gasteiger partial charge in [0.1, 0.15) is 0 Å². The van der Waals surface area contributed by atoms with E-state index in [0.29, 0.717) is 6.04 Å². The second-order valence-corrected chi connectivity index (χ2v) is 5.46. The van der Waals surface area contributed by atoms with Gasteiger partial charge in [0, 0.05) is 31.0 Å². The number of pyridine rings is 1. The molecule has 1 aromatic heterocycles. The van der Waals surface area contributed by atoms with Gasteiger partial charge < -0.3 is 10.2 Å². The molecule has 4 heteroatoms. The highest BCUT2D eigenvalue weighted by Gasteiger charge is 2.31. The molecule has 0 radical (unpaired) electrons. The number of fused-ring (bicyclic) bond motifs is 1. The maximum Gasteiger partial charge on any atom is 0.0820 e. The highest BCUT2D eigenvalue weighted by Crippen LogP contribution is 2.29. The fourth-order valence-corrected chi connectivity index (χ4v) is 3.24. The lowest BCUT2D eigenvalue weighted by Gasteiger charge is -2.35. The molecule has 2 atom stereocenters. The topological polar surface area (TPSA) is 28.2 Å². The molecule has 2 fully saturated rings. The first-order valence-corrected chi connectivity index (χ1v) is 6.81. The average Bonchev–Trinajstić information content (AvgIpc) is 2.79. The molecule has 92 valence electrons. The van der Waals surface area contributed by atoms with Crippen LogP contribution in [0.2, 0.25) is 5.02 Å². The molecule has 1 aromatic rings. The fraction of sp³-hybridized carbons (Fsp3) is 0.615. The number of aromatic nitrogens is 1. The molecule has 0 bridgehead atoms. The predicted octanol–water partition coefficient (Wildman–Crippen LogP) is 2.77. The van der Waals surface area contributed by atoms with Crippen LogP contribution in [0, 0.1) is 0 Å². The van der Waals surface area contributed by atoms with Crippen LogP contribution < -0.4 is 5.32 Å². The van der Waals surface area contributed by atoms with Crippen LogP contribution in [0.4, 0.5) is 5.69 Å². The molecular formula is C13H18ClN3. The van der Waals surface area contributed by atoms with Crippen LogP contribution in [-0.2, 0) is 0 Å². The average molecular weight is 252 g/mol. The smallest absolute Gasteiger partial charge is 0.0820 e. The SMILES string of the molecule is Clc1cnccc1N[C@@H]1CCN2CCC[C@H]2C1. The Balaban J connectivity index is 1.64. The summed E-state index contributed by atoms with van der Waals surface area (Å²) in [6, 6.07) is 3.32. The summed E-state index contributed by atoms with van der Waals surface area (Å²) in [7, 11) is 0. The van der Waals surface area contributed by atoms with Crippen molar-refractivity contribution in [3.63, 3.8) is 0 Å². The first-order chi connectivity index (χ1) is 8.33. The second-order valence-electron chi connectivity index (χ2n) is 5.05. The summed E-state index contributed by atoms with van der Waals surface area (Å²) in [5.41, 5.74) is 1.03. The number of hydrogen-bond donors (Lipinski definition) is 1. The maximum absolute atomic E-state index is 6.12. The molecule has 1 N–H and O–H groups in total. The zero-order valence-electron chi connectivity index (χ0n) is 9.90. The fourth-order valence-electron chi connectivity index (χ4n) is 3.07. The summed E-state index contributed by atoms with van der Waals surface area (Å²) in [6.07, 6.45) is 8.69. The quantitative estimate of drug-likeness (QED) is 0.876. The Kier molecular flexibility index (Phi) is 3.21. The van der Waals surface area contributed by atoms with Gasteiger partial charge in [-0.2, -0.15) is 0 Å². The number of nitrogens with zero attached hydrogens (tertiary/aromatic N) is 2. The molecule has 0 aromatic carbocycles. The van der Waals surface area contributed by atoms with Gasteiger partial charge in [0.25, 0.3) is 0 Å². The van der Waals surface area contributed by atoms with Crippen molar-refractivity contribution < 1.29 is 0 Å². The number of halogens is 1. The van der Waals surface area contributed by atoms with Gasteiger partial charge in [0.2, 0.25) is 0 Å². The van der Waals surface area contributed by atoms with Gasteiger partial charge >= 0.3 is 0 Å². The first kappa shape index (κ1) is 11.3. The summed E-state index contributed by atoms with van der Waals surface area (Å²) in [5, 5.41) is 4.29. The first-order valence-electron chi connectivity index (χ1n) is 6.43. The predicted molar refractivity (Wildman–Crippen MR) is 70.5 cm³/mol. The van der Waals surface area contributed by atoms with E-state index < -0.39 is 0 Å². The van der Waals surface area contributed by atoms with Crippen molar-refractivity contribution >= 4 is 17.3 Å². The summed E-state index contributed by atoms with van der Waals surface area (Å²) >= 11 is 6.12. The molecule has 0 aliphatic carbocycles. The van der Waals surface area contributed by atoms with Crippen molar-refractivity contribution in [1.29, 1.82) is 0 Å². The van der Waals surface area contributed by atoms with E-state index in [1.54, 1.807) is 12.4 Å². The van der Waals surface area contributed by atoms with Gasteiger partial charge in [-0.1, -0.05) is 11.6 Å². The summed E-state index contributed by atoms with van der Waals surface area (Å²) in [5.74, 6) is 0. The van der Waals surface area contributed by atoms with Gasteiger partial charge in [-0.05, 0) is 38.3 Å². The van der Waals surface area contributed by atoms with E-state index in [-0.39, 0.29) is 0 Å². The molecule has 0 unspecified atom stereocenters. The molecule has 2 saturated heterocycles. The molecule has 0 saturated carbocycles. The van der Waals surface area contributed by atoms with Crippen molar-refractivity contribution in [1.82, 2.24) is 9.88 Å². The Morgan fingerprint density at radius 1 is 1.35 bits per heavy atom. The Morgan fingerprint density at radius 3 is 3.18 bits per heavy atom. The van der Waals surface area contributed by atoms with E-state index in [0.717, 1.165) is 16.8 Å². The molecular weight excluding hydrogens is 234 g/mol. The second kappa shape index (κ2) is 4.83. The Hall–Kier alpha value is -0.800. The van der Waals surface area contributed by atoms with Gasteiger partial charge in [0.15, 0.2) is 0 Å². The lowest BCUT2D eigenvalue weighted by atomic mass is 9.97. The molecule has 3 heterocycles. The van der Waals surface area contributed by atoms with Crippen molar-refractivity contribution in [2.45, 2.75) is 37.8 Å². The van der Waals surface area contributed by atoms with E-state index in [2.05, 4.69) is 15.2 Å². The third-order valence-corrected chi connectivity index (χ3v) is 4.25. The third-order valence-electron chi connectivity index (χ3n) is 3.95. The van der Waals surface area contributed by atoms with Crippen LogP contribution in [0.25, 0.3) is 0 Å². The summed E-state index contributed by atoms with van der Waals surface area (Å²) in [6.45, 7) is 2.53. The number of piperidine rings is 1. The monoisotopic (exact) mass is 251 g/mol. The van der Waals surface area contributed by atoms with Crippen LogP contribution in [0.5, 0.6) is 0 Å². The van der Waals surface area contributed by atoms with Gasteiger partial charge in [-0.25, -0.2) is 0 Å². The third kappa shape index (κ3) is 2.40. The molecule has 0 amide bonds. The van der Waals surface area contributed by atoms with Crippen molar-refractivity contribution in [3.05, 3.63) is 23.5 Å². The van der Waals surface area contributed by atoms with E-state index in [4.69, 9.17) is 11.6 Å². The number of hydrogen-bond acceptors (Lipinski definition) is 3. The minimum Gasteiger partial charge on any atom is -0.381 e.